The summed E-state index contributed by atoms with van der Waals surface area (Å²) in [6, 6.07) is 0. The normalized spacial score (nSPS) is 16.9. The van der Waals surface area contributed by atoms with E-state index in [-0.39, 0.29) is 0 Å². The number of methoxy groups -OCH3 is 1. The molecular formula is C15H32NO3+. The molecule has 0 bridgehead atoms. The Balaban J connectivity index is 1.71. The number of ether oxygens (including phenoxy) is 3. The van der Waals surface area contributed by atoms with E-state index in [0.29, 0.717) is 26.4 Å². The molecule has 0 saturated carbocycles. The van der Waals surface area contributed by atoms with Crippen LogP contribution >= 0.6 is 0 Å². The first-order chi connectivity index (χ1) is 9.43. The smallest absolute Gasteiger partial charge is 0.0770 e. The summed E-state index contributed by atoms with van der Waals surface area (Å²) < 4.78 is 15.8. The standard InChI is InChI=1S/C15H31NO3/c1-17-12-13-19-15-14-18-11-7-3-6-10-16-8-4-2-5-9-16/h2-15H2,1H3/p+1. The molecule has 1 rings (SSSR count). The van der Waals surface area contributed by atoms with Crippen LogP contribution in [0.4, 0.5) is 0 Å². The van der Waals surface area contributed by atoms with Crippen molar-refractivity contribution >= 4 is 0 Å². The average Bonchev–Trinajstić information content (AvgIpc) is 2.46. The second-order valence-electron chi connectivity index (χ2n) is 5.34. The van der Waals surface area contributed by atoms with Crippen LogP contribution in [0.5, 0.6) is 0 Å². The van der Waals surface area contributed by atoms with Gasteiger partial charge in [-0.2, -0.15) is 0 Å². The summed E-state index contributed by atoms with van der Waals surface area (Å²) in [4.78, 5) is 1.82. The summed E-state index contributed by atoms with van der Waals surface area (Å²) in [5.41, 5.74) is 0. The largest absolute Gasteiger partial charge is 0.382 e. The SMILES string of the molecule is COCCOCCOCCCCC[NH+]1CCCCC1. The van der Waals surface area contributed by atoms with Gasteiger partial charge in [-0.05, 0) is 38.5 Å². The molecule has 0 aliphatic carbocycles. The van der Waals surface area contributed by atoms with E-state index in [4.69, 9.17) is 14.2 Å². The van der Waals surface area contributed by atoms with Crippen LogP contribution in [0.25, 0.3) is 0 Å². The van der Waals surface area contributed by atoms with Gasteiger partial charge in [0, 0.05) is 13.7 Å². The van der Waals surface area contributed by atoms with Crippen LogP contribution in [0.15, 0.2) is 0 Å². The average molecular weight is 274 g/mol. The second-order valence-corrected chi connectivity index (χ2v) is 5.34. The monoisotopic (exact) mass is 274 g/mol. The van der Waals surface area contributed by atoms with Gasteiger partial charge in [0.15, 0.2) is 0 Å². The van der Waals surface area contributed by atoms with Crippen molar-refractivity contribution in [3.8, 4) is 0 Å². The summed E-state index contributed by atoms with van der Waals surface area (Å²) in [5.74, 6) is 0. The fourth-order valence-corrected chi connectivity index (χ4v) is 2.52. The number of likely N-dealkylation sites (tertiary alicyclic amines) is 1. The molecule has 0 spiro atoms. The molecule has 1 N–H and O–H groups in total. The van der Waals surface area contributed by atoms with Gasteiger partial charge in [-0.1, -0.05) is 0 Å². The lowest BCUT2D eigenvalue weighted by atomic mass is 10.1. The van der Waals surface area contributed by atoms with Crippen LogP contribution in [0.2, 0.25) is 0 Å². The van der Waals surface area contributed by atoms with Gasteiger partial charge >= 0.3 is 0 Å². The van der Waals surface area contributed by atoms with Crippen molar-refractivity contribution in [2.75, 3.05) is 59.8 Å². The minimum Gasteiger partial charge on any atom is -0.382 e. The number of rotatable bonds is 12. The van der Waals surface area contributed by atoms with Gasteiger partial charge in [0.1, 0.15) is 0 Å². The molecule has 0 aromatic rings. The molecule has 0 aromatic carbocycles. The second kappa shape index (κ2) is 12.9. The Kier molecular flexibility index (Phi) is 11.4. The van der Waals surface area contributed by atoms with Crippen LogP contribution in [0.1, 0.15) is 38.5 Å². The van der Waals surface area contributed by atoms with Crippen LogP contribution in [-0.2, 0) is 14.2 Å². The van der Waals surface area contributed by atoms with Crippen LogP contribution in [-0.4, -0.2) is 59.8 Å². The minimum atomic E-state index is 0.665. The van der Waals surface area contributed by atoms with E-state index >= 15 is 0 Å². The molecule has 0 radical (unpaired) electrons. The highest BCUT2D eigenvalue weighted by Crippen LogP contribution is 1.97. The van der Waals surface area contributed by atoms with Gasteiger partial charge in [-0.25, -0.2) is 0 Å². The number of unbranched alkanes of at least 4 members (excludes halogenated alkanes) is 2. The van der Waals surface area contributed by atoms with E-state index in [1.165, 1.54) is 58.2 Å². The van der Waals surface area contributed by atoms with Gasteiger partial charge in [-0.15, -0.1) is 0 Å². The van der Waals surface area contributed by atoms with Gasteiger partial charge in [0.25, 0.3) is 0 Å². The fourth-order valence-electron chi connectivity index (χ4n) is 2.52. The predicted molar refractivity (Wildman–Crippen MR) is 76.8 cm³/mol. The van der Waals surface area contributed by atoms with E-state index in [2.05, 4.69) is 0 Å². The Bertz CT molecular complexity index is 184. The van der Waals surface area contributed by atoms with E-state index in [1.807, 2.05) is 4.90 Å². The molecule has 0 amide bonds. The minimum absolute atomic E-state index is 0.665. The number of quaternary nitrogens is 1. The molecule has 0 unspecified atom stereocenters. The van der Waals surface area contributed by atoms with Crippen LogP contribution in [0.3, 0.4) is 0 Å². The van der Waals surface area contributed by atoms with Gasteiger partial charge in [0.2, 0.25) is 0 Å². The van der Waals surface area contributed by atoms with Crippen LogP contribution in [0, 0.1) is 0 Å². The molecule has 19 heavy (non-hydrogen) atoms. The van der Waals surface area contributed by atoms with Crippen LogP contribution < -0.4 is 4.90 Å². The highest BCUT2D eigenvalue weighted by Gasteiger charge is 2.11. The summed E-state index contributed by atoms with van der Waals surface area (Å²) >= 11 is 0. The Hall–Kier alpha value is -0.160. The summed E-state index contributed by atoms with van der Waals surface area (Å²) in [5, 5.41) is 0. The molecule has 0 atom stereocenters. The van der Waals surface area contributed by atoms with E-state index in [9.17, 15) is 0 Å². The highest BCUT2D eigenvalue weighted by molar-refractivity contribution is 4.47. The van der Waals surface area contributed by atoms with Crippen molar-refractivity contribution in [1.29, 1.82) is 0 Å². The zero-order valence-corrected chi connectivity index (χ0v) is 12.6. The summed E-state index contributed by atoms with van der Waals surface area (Å²) in [7, 11) is 1.69. The van der Waals surface area contributed by atoms with Crippen molar-refractivity contribution in [3.05, 3.63) is 0 Å². The zero-order valence-electron chi connectivity index (χ0n) is 12.6. The third-order valence-corrected chi connectivity index (χ3v) is 3.68. The lowest BCUT2D eigenvalue weighted by molar-refractivity contribution is -0.905. The molecule has 4 heteroatoms. The van der Waals surface area contributed by atoms with Gasteiger partial charge in [0.05, 0.1) is 46.1 Å². The molecule has 4 nitrogen and oxygen atoms in total. The van der Waals surface area contributed by atoms with Crippen molar-refractivity contribution in [2.45, 2.75) is 38.5 Å². The summed E-state index contributed by atoms with van der Waals surface area (Å²) in [6.07, 6.45) is 8.15. The van der Waals surface area contributed by atoms with Gasteiger partial charge < -0.3 is 19.1 Å². The predicted octanol–water partition coefficient (Wildman–Crippen LogP) is 0.905. The third kappa shape index (κ3) is 10.3. The number of hydrogen-bond acceptors (Lipinski definition) is 3. The Morgan fingerprint density at radius 1 is 0.737 bits per heavy atom. The Morgan fingerprint density at radius 3 is 2.16 bits per heavy atom. The van der Waals surface area contributed by atoms with E-state index < -0.39 is 0 Å². The van der Waals surface area contributed by atoms with E-state index in [0.717, 1.165) is 6.61 Å². The first-order valence-electron chi connectivity index (χ1n) is 7.91. The zero-order chi connectivity index (χ0) is 13.6. The van der Waals surface area contributed by atoms with Crippen molar-refractivity contribution < 1.29 is 19.1 Å². The Morgan fingerprint density at radius 2 is 1.42 bits per heavy atom. The number of hydrogen-bond donors (Lipinski definition) is 1. The van der Waals surface area contributed by atoms with Crippen molar-refractivity contribution in [1.82, 2.24) is 0 Å². The molecule has 114 valence electrons. The van der Waals surface area contributed by atoms with E-state index in [1.54, 1.807) is 7.11 Å². The maximum atomic E-state index is 5.53. The summed E-state index contributed by atoms with van der Waals surface area (Å²) in [6.45, 7) is 7.76. The first-order valence-corrected chi connectivity index (χ1v) is 7.91. The molecule has 1 aliphatic heterocycles. The Labute approximate surface area is 118 Å². The molecular weight excluding hydrogens is 242 g/mol. The molecule has 1 heterocycles. The van der Waals surface area contributed by atoms with Gasteiger partial charge in [-0.3, -0.25) is 0 Å². The maximum absolute atomic E-state index is 5.53. The topological polar surface area (TPSA) is 32.1 Å². The molecule has 1 aliphatic rings. The molecule has 1 fully saturated rings. The maximum Gasteiger partial charge on any atom is 0.0770 e. The third-order valence-electron chi connectivity index (χ3n) is 3.68. The first kappa shape index (κ1) is 16.9. The fraction of sp³-hybridized carbons (Fsp3) is 1.00. The quantitative estimate of drug-likeness (QED) is 0.537. The molecule has 0 aromatic heterocycles. The van der Waals surface area contributed by atoms with Crippen molar-refractivity contribution in [2.24, 2.45) is 0 Å². The number of piperidine rings is 1. The lowest BCUT2D eigenvalue weighted by Crippen LogP contribution is -3.12. The highest BCUT2D eigenvalue weighted by atomic mass is 16.5. The molecule has 1 saturated heterocycles. The lowest BCUT2D eigenvalue weighted by Gasteiger charge is -2.23. The van der Waals surface area contributed by atoms with Crippen molar-refractivity contribution in [3.63, 3.8) is 0 Å². The number of nitrogens with one attached hydrogen (secondary N) is 1.